The Morgan fingerprint density at radius 3 is 2.75 bits per heavy atom. The summed E-state index contributed by atoms with van der Waals surface area (Å²) in [6.45, 7) is -0.380. The maximum absolute atomic E-state index is 9.68. The fourth-order valence-electron chi connectivity index (χ4n) is 1.66. The Morgan fingerprint density at radius 2 is 2.25 bits per heavy atom. The molecule has 0 saturated carbocycles. The van der Waals surface area contributed by atoms with Crippen LogP contribution in [0.25, 0.3) is 0 Å². The predicted molar refractivity (Wildman–Crippen MR) is 50.0 cm³/mol. The molecule has 0 spiro atoms. The van der Waals surface area contributed by atoms with E-state index in [-0.39, 0.29) is 12.3 Å². The van der Waals surface area contributed by atoms with Gasteiger partial charge in [-0.25, -0.2) is 4.98 Å². The summed E-state index contributed by atoms with van der Waals surface area (Å²) >= 11 is 0. The Kier molecular flexibility index (Phi) is 2.89. The lowest BCUT2D eigenvalue weighted by Gasteiger charge is -2.15. The van der Waals surface area contributed by atoms with E-state index < -0.39 is 24.5 Å². The molecule has 1 aromatic heterocycles. The second-order valence-electron chi connectivity index (χ2n) is 3.55. The average molecular weight is 225 g/mol. The first-order valence-electron chi connectivity index (χ1n) is 4.73. The second-order valence-corrected chi connectivity index (χ2v) is 3.55. The number of aliphatic hydroxyl groups is 3. The van der Waals surface area contributed by atoms with E-state index >= 15 is 0 Å². The van der Waals surface area contributed by atoms with E-state index in [2.05, 4.69) is 4.98 Å². The fourth-order valence-corrected chi connectivity index (χ4v) is 1.66. The molecule has 2 rings (SSSR count). The molecule has 0 radical (unpaired) electrons. The predicted octanol–water partition coefficient (Wildman–Crippen LogP) is -1.63. The van der Waals surface area contributed by atoms with Crippen LogP contribution in [0.4, 0.5) is 0 Å². The molecule has 1 aromatic rings. The number of nitriles is 1. The van der Waals surface area contributed by atoms with Gasteiger partial charge >= 0.3 is 0 Å². The van der Waals surface area contributed by atoms with Gasteiger partial charge in [-0.05, 0) is 0 Å². The van der Waals surface area contributed by atoms with Crippen LogP contribution in [0.1, 0.15) is 11.9 Å². The van der Waals surface area contributed by atoms with Crippen molar-refractivity contribution in [1.82, 2.24) is 9.55 Å². The summed E-state index contributed by atoms with van der Waals surface area (Å²) in [5.41, 5.74) is 0.192. The molecule has 7 heteroatoms. The maximum Gasteiger partial charge on any atom is 0.164 e. The highest BCUT2D eigenvalue weighted by atomic mass is 16.6. The van der Waals surface area contributed by atoms with Crippen LogP contribution in [0.2, 0.25) is 0 Å². The summed E-state index contributed by atoms with van der Waals surface area (Å²) in [5.74, 6) is 0. The Morgan fingerprint density at radius 1 is 1.50 bits per heavy atom. The van der Waals surface area contributed by atoms with E-state index in [1.165, 1.54) is 17.1 Å². The van der Waals surface area contributed by atoms with Crippen LogP contribution < -0.4 is 0 Å². The van der Waals surface area contributed by atoms with Gasteiger partial charge in [0.2, 0.25) is 0 Å². The van der Waals surface area contributed by atoms with Crippen LogP contribution in [-0.4, -0.2) is 49.8 Å². The normalized spacial score (nSPS) is 33.9. The molecule has 0 aromatic carbocycles. The highest BCUT2D eigenvalue weighted by molar-refractivity contribution is 5.16. The second kappa shape index (κ2) is 4.19. The van der Waals surface area contributed by atoms with E-state index in [1.807, 2.05) is 6.07 Å². The Balaban J connectivity index is 2.20. The lowest BCUT2D eigenvalue weighted by molar-refractivity contribution is -0.0528. The third kappa shape index (κ3) is 1.68. The molecule has 86 valence electrons. The van der Waals surface area contributed by atoms with Crippen LogP contribution in [0.3, 0.4) is 0 Å². The van der Waals surface area contributed by atoms with Crippen molar-refractivity contribution in [2.75, 3.05) is 6.61 Å². The molecular formula is C9H11N3O4. The number of nitrogens with zero attached hydrogens (tertiary/aromatic N) is 3. The third-order valence-electron chi connectivity index (χ3n) is 2.53. The molecule has 0 aliphatic carbocycles. The van der Waals surface area contributed by atoms with Gasteiger partial charge in [0.15, 0.2) is 11.9 Å². The zero-order chi connectivity index (χ0) is 11.7. The molecule has 0 amide bonds. The van der Waals surface area contributed by atoms with Gasteiger partial charge in [-0.3, -0.25) is 0 Å². The molecule has 2 heterocycles. The number of hydrogen-bond acceptors (Lipinski definition) is 6. The lowest BCUT2D eigenvalue weighted by atomic mass is 10.1. The zero-order valence-electron chi connectivity index (χ0n) is 8.26. The van der Waals surface area contributed by atoms with Crippen molar-refractivity contribution >= 4 is 0 Å². The van der Waals surface area contributed by atoms with E-state index in [0.29, 0.717) is 0 Å². The number of hydrogen-bond donors (Lipinski definition) is 3. The van der Waals surface area contributed by atoms with Crippen molar-refractivity contribution in [2.24, 2.45) is 0 Å². The number of imidazole rings is 1. The van der Waals surface area contributed by atoms with Crippen molar-refractivity contribution in [1.29, 1.82) is 5.26 Å². The van der Waals surface area contributed by atoms with Crippen molar-refractivity contribution in [3.63, 3.8) is 0 Å². The zero-order valence-corrected chi connectivity index (χ0v) is 8.26. The third-order valence-corrected chi connectivity index (χ3v) is 2.53. The van der Waals surface area contributed by atoms with Gasteiger partial charge in [0.05, 0.1) is 12.9 Å². The minimum atomic E-state index is -1.15. The number of aromatic nitrogens is 2. The largest absolute Gasteiger partial charge is 0.394 e. The van der Waals surface area contributed by atoms with Gasteiger partial charge in [0.25, 0.3) is 0 Å². The summed E-state index contributed by atoms with van der Waals surface area (Å²) in [6, 6.07) is 1.84. The van der Waals surface area contributed by atoms with Crippen molar-refractivity contribution in [3.8, 4) is 6.07 Å². The molecule has 7 nitrogen and oxygen atoms in total. The van der Waals surface area contributed by atoms with Crippen LogP contribution >= 0.6 is 0 Å². The van der Waals surface area contributed by atoms with Gasteiger partial charge in [0, 0.05) is 6.20 Å². The Labute approximate surface area is 91.1 Å². The number of ether oxygens (including phenoxy) is 1. The molecular weight excluding hydrogens is 214 g/mol. The van der Waals surface area contributed by atoms with E-state index in [1.54, 1.807) is 0 Å². The Hall–Kier alpha value is -1.46. The monoisotopic (exact) mass is 225 g/mol. The summed E-state index contributed by atoms with van der Waals surface area (Å²) in [4.78, 5) is 3.76. The van der Waals surface area contributed by atoms with Crippen molar-refractivity contribution in [3.05, 3.63) is 18.2 Å². The molecule has 1 fully saturated rings. The summed E-state index contributed by atoms with van der Waals surface area (Å²) in [7, 11) is 0. The molecule has 3 N–H and O–H groups in total. The van der Waals surface area contributed by atoms with Crippen LogP contribution in [0, 0.1) is 11.3 Å². The SMILES string of the molecule is N#Cc1cn([C@@H]2O[C@H](CO)[C@@H](O)[C@H]2O)cn1. The van der Waals surface area contributed by atoms with Crippen LogP contribution in [0.5, 0.6) is 0 Å². The van der Waals surface area contributed by atoms with Crippen molar-refractivity contribution in [2.45, 2.75) is 24.5 Å². The minimum absolute atomic E-state index is 0.192. The molecule has 0 bridgehead atoms. The van der Waals surface area contributed by atoms with Gasteiger partial charge < -0.3 is 24.6 Å². The molecule has 16 heavy (non-hydrogen) atoms. The quantitative estimate of drug-likeness (QED) is 0.557. The van der Waals surface area contributed by atoms with Gasteiger partial charge in [-0.15, -0.1) is 0 Å². The molecule has 1 saturated heterocycles. The Bertz CT molecular complexity index is 413. The fraction of sp³-hybridized carbons (Fsp3) is 0.556. The summed E-state index contributed by atoms with van der Waals surface area (Å²) in [6.07, 6.45) is -1.23. The summed E-state index contributed by atoms with van der Waals surface area (Å²) < 4.78 is 6.63. The molecule has 1 aliphatic heterocycles. The minimum Gasteiger partial charge on any atom is -0.394 e. The average Bonchev–Trinajstić information content (AvgIpc) is 2.86. The first-order valence-corrected chi connectivity index (χ1v) is 4.73. The highest BCUT2D eigenvalue weighted by Crippen LogP contribution is 2.29. The van der Waals surface area contributed by atoms with Gasteiger partial charge in [0.1, 0.15) is 24.4 Å². The van der Waals surface area contributed by atoms with Crippen LogP contribution in [0.15, 0.2) is 12.5 Å². The highest BCUT2D eigenvalue weighted by Gasteiger charge is 2.43. The topological polar surface area (TPSA) is 112 Å². The molecule has 4 atom stereocenters. The number of rotatable bonds is 2. The smallest absolute Gasteiger partial charge is 0.164 e. The first-order chi connectivity index (χ1) is 7.67. The standard InChI is InChI=1S/C9H11N3O4/c10-1-5-2-12(4-11-5)9-8(15)7(14)6(3-13)16-9/h2,4,6-9,13-15H,3H2/t6-,7-,8-,9-/m1/s1. The van der Waals surface area contributed by atoms with Gasteiger partial charge in [-0.2, -0.15) is 5.26 Å². The summed E-state index contributed by atoms with van der Waals surface area (Å²) in [5, 5.41) is 36.7. The van der Waals surface area contributed by atoms with Gasteiger partial charge in [-0.1, -0.05) is 0 Å². The van der Waals surface area contributed by atoms with Crippen LogP contribution in [-0.2, 0) is 4.74 Å². The van der Waals surface area contributed by atoms with E-state index in [9.17, 15) is 10.2 Å². The van der Waals surface area contributed by atoms with E-state index in [0.717, 1.165) is 0 Å². The first kappa shape index (κ1) is 11.0. The molecule has 0 unspecified atom stereocenters. The number of aliphatic hydroxyl groups excluding tert-OH is 3. The lowest BCUT2D eigenvalue weighted by Crippen LogP contribution is -2.33. The van der Waals surface area contributed by atoms with E-state index in [4.69, 9.17) is 15.1 Å². The van der Waals surface area contributed by atoms with Crippen molar-refractivity contribution < 1.29 is 20.1 Å². The molecule has 1 aliphatic rings. The maximum atomic E-state index is 9.68.